The van der Waals surface area contributed by atoms with Crippen molar-refractivity contribution < 1.29 is 0 Å². The van der Waals surface area contributed by atoms with Crippen LogP contribution in [0.15, 0.2) is 22.1 Å². The summed E-state index contributed by atoms with van der Waals surface area (Å²) in [7, 11) is 0. The Labute approximate surface area is 81.7 Å². The van der Waals surface area contributed by atoms with Gasteiger partial charge in [0.05, 0.1) is 22.5 Å². The number of hydrogen-bond acceptors (Lipinski definition) is 3. The first-order chi connectivity index (χ1) is 5.77. The van der Waals surface area contributed by atoms with E-state index in [-0.39, 0.29) is 0 Å². The van der Waals surface area contributed by atoms with Crippen LogP contribution in [0.1, 0.15) is 0 Å². The van der Waals surface area contributed by atoms with Crippen molar-refractivity contribution in [1.82, 2.24) is 10.2 Å². The normalized spacial score (nSPS) is 10.4. The second-order valence-electron chi connectivity index (χ2n) is 2.33. The zero-order valence-corrected chi connectivity index (χ0v) is 8.45. The molecule has 0 saturated carbocycles. The van der Waals surface area contributed by atoms with Crippen LogP contribution in [0.3, 0.4) is 0 Å². The monoisotopic (exact) mass is 243 g/mol. The number of nitrogens with two attached hydrogens (primary N) is 1. The first kappa shape index (κ1) is 7.82. The molecule has 12 heavy (non-hydrogen) atoms. The van der Waals surface area contributed by atoms with E-state index in [1.54, 1.807) is 17.5 Å². The molecule has 2 aromatic heterocycles. The predicted octanol–water partition coefficient (Wildman–Crippen LogP) is 2.48. The molecule has 0 atom stereocenters. The maximum atomic E-state index is 5.68. The number of halogens is 1. The molecule has 2 rings (SSSR count). The number of aromatic amines is 1. The number of hydrogen-bond donors (Lipinski definition) is 2. The highest BCUT2D eigenvalue weighted by molar-refractivity contribution is 9.10. The Balaban J connectivity index is 2.50. The molecule has 0 unspecified atom stereocenters. The number of nitrogens with one attached hydrogen (secondary N) is 1. The number of rotatable bonds is 1. The molecule has 0 aliphatic carbocycles. The van der Waals surface area contributed by atoms with Gasteiger partial charge in [0, 0.05) is 9.85 Å². The van der Waals surface area contributed by atoms with Gasteiger partial charge in [-0.2, -0.15) is 5.10 Å². The average Bonchev–Trinajstić information content (AvgIpc) is 2.58. The average molecular weight is 244 g/mol. The highest BCUT2D eigenvalue weighted by Crippen LogP contribution is 2.31. The smallest absolute Gasteiger partial charge is 0.0979 e. The summed E-state index contributed by atoms with van der Waals surface area (Å²) in [6, 6.07) is 2.01. The fourth-order valence-electron chi connectivity index (χ4n) is 0.937. The third-order valence-corrected chi connectivity index (χ3v) is 3.19. The fourth-order valence-corrected chi connectivity index (χ4v) is 2.38. The Hall–Kier alpha value is -0.810. The Bertz CT molecular complexity index is 393. The molecule has 2 aromatic rings. The standard InChI is InChI=1S/C7H6BrN3S/c8-4-1-6(12-3-4)7-5(9)2-10-11-7/h1-3H,9H2,(H,10,11). The number of H-pyrrole nitrogens is 1. The molecular weight excluding hydrogens is 238 g/mol. The molecule has 0 fully saturated rings. The molecule has 62 valence electrons. The minimum Gasteiger partial charge on any atom is -0.396 e. The zero-order valence-electron chi connectivity index (χ0n) is 6.04. The van der Waals surface area contributed by atoms with Crippen LogP contribution in [0.25, 0.3) is 10.6 Å². The van der Waals surface area contributed by atoms with Gasteiger partial charge in [0.1, 0.15) is 0 Å². The Kier molecular flexibility index (Phi) is 1.90. The van der Waals surface area contributed by atoms with E-state index in [2.05, 4.69) is 26.1 Å². The maximum absolute atomic E-state index is 5.68. The molecule has 5 heteroatoms. The molecule has 0 aromatic carbocycles. The summed E-state index contributed by atoms with van der Waals surface area (Å²) >= 11 is 5.00. The van der Waals surface area contributed by atoms with Gasteiger partial charge in [0.15, 0.2) is 0 Å². The topological polar surface area (TPSA) is 54.7 Å². The third kappa shape index (κ3) is 1.25. The van der Waals surface area contributed by atoms with Crippen LogP contribution in [0.2, 0.25) is 0 Å². The molecule has 2 heterocycles. The molecule has 0 aliphatic heterocycles. The summed E-state index contributed by atoms with van der Waals surface area (Å²) in [5.74, 6) is 0. The number of thiophene rings is 1. The van der Waals surface area contributed by atoms with Crippen molar-refractivity contribution in [3.63, 3.8) is 0 Å². The van der Waals surface area contributed by atoms with E-state index < -0.39 is 0 Å². The lowest BCUT2D eigenvalue weighted by Gasteiger charge is -1.91. The zero-order chi connectivity index (χ0) is 8.55. The van der Waals surface area contributed by atoms with Crippen molar-refractivity contribution in [2.24, 2.45) is 0 Å². The van der Waals surface area contributed by atoms with E-state index in [0.29, 0.717) is 5.69 Å². The number of anilines is 1. The van der Waals surface area contributed by atoms with E-state index in [1.165, 1.54) is 0 Å². The molecule has 0 radical (unpaired) electrons. The summed E-state index contributed by atoms with van der Waals surface area (Å²) in [6.07, 6.45) is 1.61. The Morgan fingerprint density at radius 1 is 1.58 bits per heavy atom. The predicted molar refractivity (Wildman–Crippen MR) is 54.0 cm³/mol. The van der Waals surface area contributed by atoms with Crippen LogP contribution in [0, 0.1) is 0 Å². The molecule has 0 aliphatic rings. The minimum atomic E-state index is 0.685. The molecule has 0 saturated heterocycles. The van der Waals surface area contributed by atoms with Crippen LogP contribution >= 0.6 is 27.3 Å². The summed E-state index contributed by atoms with van der Waals surface area (Å²) in [6.45, 7) is 0. The SMILES string of the molecule is Nc1cn[nH]c1-c1cc(Br)cs1. The number of nitrogen functional groups attached to an aromatic ring is 1. The lowest BCUT2D eigenvalue weighted by molar-refractivity contribution is 1.10. The second-order valence-corrected chi connectivity index (χ2v) is 4.16. The van der Waals surface area contributed by atoms with Crippen molar-refractivity contribution in [1.29, 1.82) is 0 Å². The van der Waals surface area contributed by atoms with Gasteiger partial charge in [-0.05, 0) is 22.0 Å². The van der Waals surface area contributed by atoms with Gasteiger partial charge in [-0.3, -0.25) is 5.10 Å². The van der Waals surface area contributed by atoms with E-state index in [1.807, 2.05) is 11.4 Å². The summed E-state index contributed by atoms with van der Waals surface area (Å²) in [5.41, 5.74) is 7.26. The Morgan fingerprint density at radius 3 is 2.92 bits per heavy atom. The first-order valence-corrected chi connectivity index (χ1v) is 4.98. The number of aromatic nitrogens is 2. The van der Waals surface area contributed by atoms with Gasteiger partial charge in [0.2, 0.25) is 0 Å². The summed E-state index contributed by atoms with van der Waals surface area (Å²) in [5, 5.41) is 8.71. The second kappa shape index (κ2) is 2.91. The number of nitrogens with zero attached hydrogens (tertiary/aromatic N) is 1. The van der Waals surface area contributed by atoms with Gasteiger partial charge < -0.3 is 5.73 Å². The van der Waals surface area contributed by atoms with Crippen LogP contribution < -0.4 is 5.73 Å². The molecule has 3 nitrogen and oxygen atoms in total. The summed E-state index contributed by atoms with van der Waals surface area (Å²) in [4.78, 5) is 1.09. The molecule has 0 spiro atoms. The quantitative estimate of drug-likeness (QED) is 0.809. The lowest BCUT2D eigenvalue weighted by atomic mass is 10.3. The highest BCUT2D eigenvalue weighted by Gasteiger charge is 2.06. The van der Waals surface area contributed by atoms with Crippen LogP contribution in [0.5, 0.6) is 0 Å². The van der Waals surface area contributed by atoms with E-state index in [0.717, 1.165) is 15.0 Å². The van der Waals surface area contributed by atoms with Crippen molar-refractivity contribution >= 4 is 33.0 Å². The van der Waals surface area contributed by atoms with Crippen molar-refractivity contribution in [2.45, 2.75) is 0 Å². The minimum absolute atomic E-state index is 0.685. The third-order valence-electron chi connectivity index (χ3n) is 1.48. The highest BCUT2D eigenvalue weighted by atomic mass is 79.9. The molecule has 0 bridgehead atoms. The van der Waals surface area contributed by atoms with E-state index >= 15 is 0 Å². The van der Waals surface area contributed by atoms with E-state index in [4.69, 9.17) is 5.73 Å². The van der Waals surface area contributed by atoms with Gasteiger partial charge in [0.25, 0.3) is 0 Å². The maximum Gasteiger partial charge on any atom is 0.0979 e. The largest absolute Gasteiger partial charge is 0.396 e. The van der Waals surface area contributed by atoms with Gasteiger partial charge in [-0.25, -0.2) is 0 Å². The lowest BCUT2D eigenvalue weighted by Crippen LogP contribution is -1.83. The van der Waals surface area contributed by atoms with E-state index in [9.17, 15) is 0 Å². The summed E-state index contributed by atoms with van der Waals surface area (Å²) < 4.78 is 1.07. The molecule has 0 amide bonds. The fraction of sp³-hybridized carbons (Fsp3) is 0. The van der Waals surface area contributed by atoms with Crippen LogP contribution in [-0.4, -0.2) is 10.2 Å². The van der Waals surface area contributed by atoms with Crippen LogP contribution in [0.4, 0.5) is 5.69 Å². The first-order valence-electron chi connectivity index (χ1n) is 3.30. The Morgan fingerprint density at radius 2 is 2.42 bits per heavy atom. The van der Waals surface area contributed by atoms with Crippen LogP contribution in [-0.2, 0) is 0 Å². The van der Waals surface area contributed by atoms with Crippen molar-refractivity contribution in [3.05, 3.63) is 22.1 Å². The molecule has 3 N–H and O–H groups in total. The molecular formula is C7H6BrN3S. The van der Waals surface area contributed by atoms with Crippen molar-refractivity contribution in [2.75, 3.05) is 5.73 Å². The van der Waals surface area contributed by atoms with Gasteiger partial charge in [-0.1, -0.05) is 0 Å². The van der Waals surface area contributed by atoms with Gasteiger partial charge in [-0.15, -0.1) is 11.3 Å². The van der Waals surface area contributed by atoms with Crippen molar-refractivity contribution in [3.8, 4) is 10.6 Å². The van der Waals surface area contributed by atoms with Gasteiger partial charge >= 0.3 is 0 Å².